The van der Waals surface area contributed by atoms with E-state index in [0.717, 1.165) is 23.4 Å². The number of hydrogen-bond acceptors (Lipinski definition) is 2. The lowest BCUT2D eigenvalue weighted by molar-refractivity contribution is -0.115. The van der Waals surface area contributed by atoms with Gasteiger partial charge in [0, 0.05) is 24.3 Å². The molecular weight excluding hydrogens is 284 g/mol. The highest BCUT2D eigenvalue weighted by molar-refractivity contribution is 5.92. The maximum atomic E-state index is 12.2. The molecule has 3 heteroatoms. The fourth-order valence-electron chi connectivity index (χ4n) is 2.80. The Morgan fingerprint density at radius 1 is 0.913 bits per heavy atom. The molecule has 0 saturated carbocycles. The molecule has 0 aliphatic heterocycles. The number of anilines is 2. The number of benzene rings is 2. The Morgan fingerprint density at radius 3 is 2.09 bits per heavy atom. The van der Waals surface area contributed by atoms with Gasteiger partial charge in [0.05, 0.1) is 0 Å². The van der Waals surface area contributed by atoms with Crippen LogP contribution in [0.4, 0.5) is 11.4 Å². The first-order chi connectivity index (χ1) is 11.0. The zero-order chi connectivity index (χ0) is 16.8. The molecule has 0 saturated heterocycles. The van der Waals surface area contributed by atoms with Crippen LogP contribution in [-0.4, -0.2) is 12.5 Å². The number of carbonyl (C=O) groups excluding carboxylic acids is 1. The average Bonchev–Trinajstić information content (AvgIpc) is 2.52. The van der Waals surface area contributed by atoms with Crippen molar-refractivity contribution in [2.75, 3.05) is 17.2 Å². The third-order valence-electron chi connectivity index (χ3n) is 4.14. The van der Waals surface area contributed by atoms with Crippen molar-refractivity contribution in [1.82, 2.24) is 0 Å². The van der Waals surface area contributed by atoms with Crippen molar-refractivity contribution in [3.8, 4) is 0 Å². The van der Waals surface area contributed by atoms with E-state index in [1.165, 1.54) is 16.7 Å². The van der Waals surface area contributed by atoms with Gasteiger partial charge in [-0.15, -0.1) is 0 Å². The average molecular weight is 310 g/mol. The van der Waals surface area contributed by atoms with Crippen molar-refractivity contribution in [3.05, 3.63) is 58.7 Å². The van der Waals surface area contributed by atoms with Crippen molar-refractivity contribution in [2.45, 2.75) is 40.5 Å². The molecule has 23 heavy (non-hydrogen) atoms. The molecule has 0 aliphatic carbocycles. The van der Waals surface area contributed by atoms with Gasteiger partial charge in [0.25, 0.3) is 0 Å². The van der Waals surface area contributed by atoms with E-state index in [0.29, 0.717) is 13.0 Å². The summed E-state index contributed by atoms with van der Waals surface area (Å²) in [5.74, 6) is 0.0488. The molecule has 122 valence electrons. The van der Waals surface area contributed by atoms with Crippen LogP contribution >= 0.6 is 0 Å². The van der Waals surface area contributed by atoms with E-state index in [1.807, 2.05) is 25.1 Å². The molecule has 2 rings (SSSR count). The van der Waals surface area contributed by atoms with E-state index in [1.54, 1.807) is 0 Å². The van der Waals surface area contributed by atoms with Gasteiger partial charge in [-0.2, -0.15) is 0 Å². The summed E-state index contributed by atoms with van der Waals surface area (Å²) < 4.78 is 0. The molecule has 0 aliphatic rings. The standard InChI is InChI=1S/C20H26N2O/c1-5-17-11-7-10-16(4)20(17)22-18(23)12-13-21-19-14(2)8-6-9-15(19)3/h6-11,21H,5,12-13H2,1-4H3,(H,22,23). The van der Waals surface area contributed by atoms with Gasteiger partial charge in [-0.3, -0.25) is 4.79 Å². The predicted molar refractivity (Wildman–Crippen MR) is 98.2 cm³/mol. The molecule has 0 atom stereocenters. The molecule has 0 fully saturated rings. The Bertz CT molecular complexity index is 672. The van der Waals surface area contributed by atoms with Crippen molar-refractivity contribution in [3.63, 3.8) is 0 Å². The minimum absolute atomic E-state index is 0.0488. The van der Waals surface area contributed by atoms with Crippen LogP contribution in [0.5, 0.6) is 0 Å². The first-order valence-electron chi connectivity index (χ1n) is 8.21. The molecule has 0 radical (unpaired) electrons. The van der Waals surface area contributed by atoms with E-state index >= 15 is 0 Å². The molecule has 0 unspecified atom stereocenters. The number of nitrogens with one attached hydrogen (secondary N) is 2. The second-order valence-corrected chi connectivity index (χ2v) is 5.95. The lowest BCUT2D eigenvalue weighted by Crippen LogP contribution is -2.18. The van der Waals surface area contributed by atoms with Crippen LogP contribution in [0.2, 0.25) is 0 Å². The van der Waals surface area contributed by atoms with Gasteiger partial charge in [0.2, 0.25) is 5.91 Å². The summed E-state index contributed by atoms with van der Waals surface area (Å²) in [5.41, 5.74) is 6.80. The third-order valence-corrected chi connectivity index (χ3v) is 4.14. The van der Waals surface area contributed by atoms with Gasteiger partial charge in [-0.1, -0.05) is 43.3 Å². The van der Waals surface area contributed by atoms with Crippen molar-refractivity contribution in [2.24, 2.45) is 0 Å². The predicted octanol–water partition coefficient (Wildman–Crippen LogP) is 4.61. The Balaban J connectivity index is 1.94. The lowest BCUT2D eigenvalue weighted by Gasteiger charge is -2.14. The Kier molecular flexibility index (Phi) is 5.80. The molecule has 0 bridgehead atoms. The van der Waals surface area contributed by atoms with Crippen molar-refractivity contribution in [1.29, 1.82) is 0 Å². The van der Waals surface area contributed by atoms with Crippen LogP contribution < -0.4 is 10.6 Å². The number of amides is 1. The molecule has 0 spiro atoms. The van der Waals surface area contributed by atoms with Gasteiger partial charge in [0.1, 0.15) is 0 Å². The fourth-order valence-corrected chi connectivity index (χ4v) is 2.80. The second-order valence-electron chi connectivity index (χ2n) is 5.95. The van der Waals surface area contributed by atoms with Crippen LogP contribution in [0.3, 0.4) is 0 Å². The molecule has 1 amide bonds. The molecular formula is C20H26N2O. The highest BCUT2D eigenvalue weighted by atomic mass is 16.1. The van der Waals surface area contributed by atoms with Crippen molar-refractivity contribution < 1.29 is 4.79 Å². The van der Waals surface area contributed by atoms with Gasteiger partial charge in [0.15, 0.2) is 0 Å². The molecule has 3 nitrogen and oxygen atoms in total. The topological polar surface area (TPSA) is 41.1 Å². The largest absolute Gasteiger partial charge is 0.384 e. The van der Waals surface area contributed by atoms with Gasteiger partial charge >= 0.3 is 0 Å². The maximum absolute atomic E-state index is 12.2. The quantitative estimate of drug-likeness (QED) is 0.817. The zero-order valence-electron chi connectivity index (χ0n) is 14.5. The fraction of sp³-hybridized carbons (Fsp3) is 0.350. The second kappa shape index (κ2) is 7.82. The van der Waals surface area contributed by atoms with E-state index < -0.39 is 0 Å². The van der Waals surface area contributed by atoms with Crippen LogP contribution in [0.25, 0.3) is 0 Å². The highest BCUT2D eigenvalue weighted by Crippen LogP contribution is 2.22. The Labute approximate surface area is 139 Å². The normalized spacial score (nSPS) is 10.4. The van der Waals surface area contributed by atoms with E-state index in [2.05, 4.69) is 49.6 Å². The first-order valence-corrected chi connectivity index (χ1v) is 8.21. The van der Waals surface area contributed by atoms with Crippen LogP contribution in [0.1, 0.15) is 35.6 Å². The van der Waals surface area contributed by atoms with Crippen molar-refractivity contribution >= 4 is 17.3 Å². The summed E-state index contributed by atoms with van der Waals surface area (Å²) >= 11 is 0. The summed E-state index contributed by atoms with van der Waals surface area (Å²) in [7, 11) is 0. The minimum Gasteiger partial charge on any atom is -0.384 e. The van der Waals surface area contributed by atoms with Crippen LogP contribution in [-0.2, 0) is 11.2 Å². The van der Waals surface area contributed by atoms with E-state index in [-0.39, 0.29) is 5.91 Å². The third kappa shape index (κ3) is 4.35. The van der Waals surface area contributed by atoms with E-state index in [9.17, 15) is 4.79 Å². The summed E-state index contributed by atoms with van der Waals surface area (Å²) in [4.78, 5) is 12.2. The summed E-state index contributed by atoms with van der Waals surface area (Å²) in [6.45, 7) is 8.92. The Morgan fingerprint density at radius 2 is 1.48 bits per heavy atom. The van der Waals surface area contributed by atoms with Gasteiger partial charge in [-0.25, -0.2) is 0 Å². The summed E-state index contributed by atoms with van der Waals surface area (Å²) in [6.07, 6.45) is 1.36. The number of rotatable bonds is 6. The number of para-hydroxylation sites is 2. The first kappa shape index (κ1) is 17.1. The van der Waals surface area contributed by atoms with Gasteiger partial charge < -0.3 is 10.6 Å². The highest BCUT2D eigenvalue weighted by Gasteiger charge is 2.09. The Hall–Kier alpha value is -2.29. The smallest absolute Gasteiger partial charge is 0.226 e. The molecule has 2 aromatic carbocycles. The summed E-state index contributed by atoms with van der Waals surface area (Å²) in [5, 5.41) is 6.45. The molecule has 2 N–H and O–H groups in total. The van der Waals surface area contributed by atoms with Gasteiger partial charge in [-0.05, 0) is 49.4 Å². The minimum atomic E-state index is 0.0488. The van der Waals surface area contributed by atoms with Crippen LogP contribution in [0.15, 0.2) is 36.4 Å². The maximum Gasteiger partial charge on any atom is 0.226 e. The number of carbonyl (C=O) groups is 1. The SMILES string of the molecule is CCc1cccc(C)c1NC(=O)CCNc1c(C)cccc1C. The summed E-state index contributed by atoms with van der Waals surface area (Å²) in [6, 6.07) is 12.3. The lowest BCUT2D eigenvalue weighted by atomic mass is 10.1. The molecule has 0 aromatic heterocycles. The molecule has 0 heterocycles. The van der Waals surface area contributed by atoms with E-state index in [4.69, 9.17) is 0 Å². The zero-order valence-corrected chi connectivity index (χ0v) is 14.5. The monoisotopic (exact) mass is 310 g/mol. The number of aryl methyl sites for hydroxylation is 4. The number of hydrogen-bond donors (Lipinski definition) is 2. The molecule has 2 aromatic rings. The van der Waals surface area contributed by atoms with Crippen LogP contribution in [0, 0.1) is 20.8 Å².